The summed E-state index contributed by atoms with van der Waals surface area (Å²) in [5.41, 5.74) is 9.46. The van der Waals surface area contributed by atoms with Crippen LogP contribution in [0.25, 0.3) is 0 Å². The lowest BCUT2D eigenvalue weighted by Gasteiger charge is -2.32. The number of ether oxygens (including phenoxy) is 1. The van der Waals surface area contributed by atoms with E-state index in [9.17, 15) is 19.2 Å². The lowest BCUT2D eigenvalue weighted by atomic mass is 9.95. The Morgan fingerprint density at radius 1 is 0.947 bits per heavy atom. The monoisotopic (exact) mass is 524 g/mol. The van der Waals surface area contributed by atoms with Crippen LogP contribution in [-0.2, 0) is 19.1 Å². The number of anilines is 1. The van der Waals surface area contributed by atoms with Crippen LogP contribution in [0.15, 0.2) is 36.4 Å². The van der Waals surface area contributed by atoms with Gasteiger partial charge in [0.15, 0.2) is 0 Å². The van der Waals surface area contributed by atoms with Crippen LogP contribution >= 0.6 is 0 Å². The number of carbonyl (C=O) groups excluding carboxylic acids is 4. The molecule has 0 fully saturated rings. The number of nitrogens with one attached hydrogen (secondary N) is 2. The third kappa shape index (κ3) is 8.06. The topological polar surface area (TPSA) is 131 Å². The molecule has 0 saturated carbocycles. The van der Waals surface area contributed by atoms with Gasteiger partial charge in [-0.15, -0.1) is 0 Å². The molecule has 2 unspecified atom stereocenters. The van der Waals surface area contributed by atoms with Crippen molar-refractivity contribution >= 4 is 29.5 Å². The number of alkyl carbamates (subject to hydrolysis) is 1. The van der Waals surface area contributed by atoms with Gasteiger partial charge in [0, 0.05) is 19.2 Å². The number of hydrogen-bond acceptors (Lipinski definition) is 5. The molecule has 0 aliphatic rings. The van der Waals surface area contributed by atoms with Gasteiger partial charge >= 0.3 is 6.09 Å². The average molecular weight is 525 g/mol. The molecule has 0 bridgehead atoms. The highest BCUT2D eigenvalue weighted by Crippen LogP contribution is 2.29. The quantitative estimate of drug-likeness (QED) is 0.452. The van der Waals surface area contributed by atoms with Crippen molar-refractivity contribution in [2.45, 2.75) is 79.0 Å². The number of hydrogen-bond donors (Lipinski definition) is 3. The van der Waals surface area contributed by atoms with Crippen LogP contribution in [0.2, 0.25) is 0 Å². The number of primary amides is 1. The van der Waals surface area contributed by atoms with Crippen LogP contribution in [0.1, 0.15) is 67.5 Å². The second-order valence-electron chi connectivity index (χ2n) is 10.6. The first-order chi connectivity index (χ1) is 17.6. The van der Waals surface area contributed by atoms with Crippen LogP contribution in [0.5, 0.6) is 0 Å². The zero-order valence-electron chi connectivity index (χ0n) is 23.6. The third-order valence-corrected chi connectivity index (χ3v) is 6.32. The molecule has 38 heavy (non-hydrogen) atoms. The minimum absolute atomic E-state index is 0.0458. The molecule has 0 aliphatic heterocycles. The number of aryl methyl sites for hydroxylation is 3. The number of nitrogens with zero attached hydrogens (tertiary/aromatic N) is 1. The van der Waals surface area contributed by atoms with E-state index >= 15 is 0 Å². The highest BCUT2D eigenvalue weighted by Gasteiger charge is 2.35. The molecule has 2 aromatic carbocycles. The SMILES string of the molecule is Cc1cccc(C(C(=O)Nc2c(C)cccc2C)N(C)C(=O)C(CCC(N)=O)NC(=O)OC(C)(C)C)c1C. The van der Waals surface area contributed by atoms with Crippen LogP contribution in [0.3, 0.4) is 0 Å². The molecule has 2 aromatic rings. The van der Waals surface area contributed by atoms with Gasteiger partial charge < -0.3 is 26.0 Å². The van der Waals surface area contributed by atoms with Crippen LogP contribution in [0, 0.1) is 27.7 Å². The first-order valence-corrected chi connectivity index (χ1v) is 12.6. The van der Waals surface area contributed by atoms with Crippen molar-refractivity contribution < 1.29 is 23.9 Å². The van der Waals surface area contributed by atoms with Crippen LogP contribution in [-0.4, -0.2) is 47.4 Å². The second-order valence-corrected chi connectivity index (χ2v) is 10.6. The van der Waals surface area contributed by atoms with E-state index in [0.717, 1.165) is 22.3 Å². The van der Waals surface area contributed by atoms with Crippen LogP contribution < -0.4 is 16.4 Å². The van der Waals surface area contributed by atoms with Gasteiger partial charge in [-0.2, -0.15) is 0 Å². The normalized spacial score (nSPS) is 12.7. The van der Waals surface area contributed by atoms with Crippen molar-refractivity contribution in [1.29, 1.82) is 0 Å². The van der Waals surface area contributed by atoms with Crippen molar-refractivity contribution in [1.82, 2.24) is 10.2 Å². The summed E-state index contributed by atoms with van der Waals surface area (Å²) in [7, 11) is 1.51. The molecule has 4 N–H and O–H groups in total. The minimum Gasteiger partial charge on any atom is -0.444 e. The average Bonchev–Trinajstić information content (AvgIpc) is 2.80. The van der Waals surface area contributed by atoms with E-state index in [1.165, 1.54) is 11.9 Å². The Morgan fingerprint density at radius 2 is 1.50 bits per heavy atom. The first kappa shape index (κ1) is 30.3. The van der Waals surface area contributed by atoms with Gasteiger partial charge in [0.1, 0.15) is 17.7 Å². The largest absolute Gasteiger partial charge is 0.444 e. The summed E-state index contributed by atoms with van der Waals surface area (Å²) in [4.78, 5) is 53.0. The molecule has 2 atom stereocenters. The summed E-state index contributed by atoms with van der Waals surface area (Å²) in [6.07, 6.45) is -0.990. The van der Waals surface area contributed by atoms with Crippen molar-refractivity contribution in [3.63, 3.8) is 0 Å². The summed E-state index contributed by atoms with van der Waals surface area (Å²) in [6, 6.07) is 9.12. The Balaban J connectivity index is 2.49. The summed E-state index contributed by atoms with van der Waals surface area (Å²) in [5, 5.41) is 5.56. The number of carbonyl (C=O) groups is 4. The van der Waals surface area contributed by atoms with E-state index in [0.29, 0.717) is 11.3 Å². The molecule has 4 amide bonds. The Bertz CT molecular complexity index is 1180. The van der Waals surface area contributed by atoms with E-state index in [-0.39, 0.29) is 12.8 Å². The number of nitrogens with two attached hydrogens (primary N) is 1. The van der Waals surface area contributed by atoms with Gasteiger partial charge in [-0.1, -0.05) is 36.4 Å². The smallest absolute Gasteiger partial charge is 0.408 e. The number of likely N-dealkylation sites (N-methyl/N-ethyl adjacent to an activating group) is 1. The van der Waals surface area contributed by atoms with Crippen molar-refractivity contribution in [3.8, 4) is 0 Å². The molecule has 0 aliphatic carbocycles. The molecule has 9 nitrogen and oxygen atoms in total. The van der Waals surface area contributed by atoms with Gasteiger partial charge in [-0.05, 0) is 82.7 Å². The van der Waals surface area contributed by atoms with Gasteiger partial charge in [0.25, 0.3) is 5.91 Å². The third-order valence-electron chi connectivity index (χ3n) is 6.32. The fraction of sp³-hybridized carbons (Fsp3) is 0.448. The van der Waals surface area contributed by atoms with E-state index in [4.69, 9.17) is 10.5 Å². The van der Waals surface area contributed by atoms with E-state index in [1.54, 1.807) is 26.8 Å². The van der Waals surface area contributed by atoms with E-state index in [2.05, 4.69) is 10.6 Å². The van der Waals surface area contributed by atoms with Crippen molar-refractivity contribution in [3.05, 3.63) is 64.2 Å². The van der Waals surface area contributed by atoms with Crippen molar-refractivity contribution in [2.24, 2.45) is 5.73 Å². The maximum atomic E-state index is 13.8. The number of amides is 4. The fourth-order valence-electron chi connectivity index (χ4n) is 4.17. The highest BCUT2D eigenvalue weighted by molar-refractivity contribution is 6.00. The standard InChI is InChI=1S/C29H40N4O5/c1-17-11-10-14-21(20(17)4)25(26(35)32-24-18(2)12-9-13-19(24)3)33(8)27(36)22(15-16-23(30)34)31-28(37)38-29(5,6)7/h9-14,22,25H,15-16H2,1-8H3,(H2,30,34)(H,31,37)(H,32,35). The maximum absolute atomic E-state index is 13.8. The number of rotatable bonds is 9. The maximum Gasteiger partial charge on any atom is 0.408 e. The minimum atomic E-state index is -1.14. The van der Waals surface area contributed by atoms with Gasteiger partial charge in [0.2, 0.25) is 11.8 Å². The zero-order valence-corrected chi connectivity index (χ0v) is 23.6. The van der Waals surface area contributed by atoms with Gasteiger partial charge in [-0.25, -0.2) is 4.79 Å². The van der Waals surface area contributed by atoms with Gasteiger partial charge in [-0.3, -0.25) is 14.4 Å². The highest BCUT2D eigenvalue weighted by atomic mass is 16.6. The summed E-state index contributed by atoms with van der Waals surface area (Å²) < 4.78 is 5.32. The molecule has 9 heteroatoms. The molecule has 0 saturated heterocycles. The molecule has 0 radical (unpaired) electrons. The zero-order chi connectivity index (χ0) is 28.8. The van der Waals surface area contributed by atoms with E-state index in [1.807, 2.05) is 58.0 Å². The summed E-state index contributed by atoms with van der Waals surface area (Å²) in [5.74, 6) is -1.58. The molecule has 0 spiro atoms. The Kier molecular flexibility index (Phi) is 10.0. The van der Waals surface area contributed by atoms with Crippen LogP contribution in [0.4, 0.5) is 10.5 Å². The lowest BCUT2D eigenvalue weighted by Crippen LogP contribution is -2.51. The predicted molar refractivity (Wildman–Crippen MR) is 148 cm³/mol. The Morgan fingerprint density at radius 3 is 2.05 bits per heavy atom. The number of benzene rings is 2. The summed E-state index contributed by atoms with van der Waals surface area (Å²) in [6.45, 7) is 12.7. The Hall–Kier alpha value is -3.88. The molecule has 0 heterocycles. The molecule has 0 aromatic heterocycles. The Labute approximate surface area is 225 Å². The molecular weight excluding hydrogens is 484 g/mol. The molecule has 206 valence electrons. The predicted octanol–water partition coefficient (Wildman–Crippen LogP) is 4.22. The fourth-order valence-corrected chi connectivity index (χ4v) is 4.17. The first-order valence-electron chi connectivity index (χ1n) is 12.6. The second kappa shape index (κ2) is 12.6. The molecular formula is C29H40N4O5. The lowest BCUT2D eigenvalue weighted by molar-refractivity contribution is -0.139. The van der Waals surface area contributed by atoms with Gasteiger partial charge in [0.05, 0.1) is 0 Å². The van der Waals surface area contributed by atoms with E-state index < -0.39 is 41.5 Å². The number of para-hydroxylation sites is 1. The molecule has 2 rings (SSSR count). The van der Waals surface area contributed by atoms with Crippen molar-refractivity contribution in [2.75, 3.05) is 12.4 Å². The summed E-state index contributed by atoms with van der Waals surface area (Å²) >= 11 is 0.